The molecule has 3 nitrogen and oxygen atoms in total. The molecule has 2 aromatic carbocycles. The summed E-state index contributed by atoms with van der Waals surface area (Å²) in [7, 11) is 0. The Balaban J connectivity index is 2.23. The highest BCUT2D eigenvalue weighted by Gasteiger charge is 2.29. The minimum Gasteiger partial charge on any atom is -0.453 e. The molecule has 1 aliphatic heterocycles. The fraction of sp³-hybridized carbons (Fsp3) is 0.0714. The molecule has 0 saturated heterocycles. The maximum absolute atomic E-state index is 12.2. The average Bonchev–Trinajstić information content (AvgIpc) is 2.44. The van der Waals surface area contributed by atoms with E-state index in [1.807, 2.05) is 0 Å². The third-order valence-corrected chi connectivity index (χ3v) is 3.61. The summed E-state index contributed by atoms with van der Waals surface area (Å²) in [4.78, 5) is 13.6. The van der Waals surface area contributed by atoms with Crippen molar-refractivity contribution in [3.63, 3.8) is 0 Å². The number of amides is 1. The van der Waals surface area contributed by atoms with Crippen molar-refractivity contribution in [2.24, 2.45) is 0 Å². The number of anilines is 2. The predicted molar refractivity (Wildman–Crippen MR) is 80.8 cm³/mol. The number of nitrogens with zero attached hydrogens (tertiary/aromatic N) is 1. The van der Waals surface area contributed by atoms with Crippen LogP contribution in [0.3, 0.4) is 0 Å². The van der Waals surface area contributed by atoms with E-state index in [1.54, 1.807) is 36.4 Å². The minimum absolute atomic E-state index is 0.155. The van der Waals surface area contributed by atoms with Gasteiger partial charge in [0.15, 0.2) is 11.5 Å². The van der Waals surface area contributed by atoms with Gasteiger partial charge < -0.3 is 4.74 Å². The van der Waals surface area contributed by atoms with Crippen molar-refractivity contribution in [1.29, 1.82) is 0 Å². The number of hydrogen-bond acceptors (Lipinski definition) is 2. The summed E-state index contributed by atoms with van der Waals surface area (Å²) in [6.45, 7) is 0. The standard InChI is InChI=1S/C14H8Cl3NO2/c15-7-14(19)18-10-5-8(16)1-3-12(10)20-13-4-2-9(17)6-11(13)18/h1-6H,7H2. The maximum Gasteiger partial charge on any atom is 0.246 e. The Hall–Kier alpha value is -1.42. The first-order valence-electron chi connectivity index (χ1n) is 5.76. The Kier molecular flexibility index (Phi) is 3.50. The van der Waals surface area contributed by atoms with E-state index in [-0.39, 0.29) is 11.8 Å². The van der Waals surface area contributed by atoms with E-state index >= 15 is 0 Å². The molecular formula is C14H8Cl3NO2. The third-order valence-electron chi connectivity index (χ3n) is 2.91. The van der Waals surface area contributed by atoms with Crippen molar-refractivity contribution in [3.05, 3.63) is 46.4 Å². The summed E-state index contributed by atoms with van der Waals surface area (Å²) < 4.78 is 5.76. The minimum atomic E-state index is -0.276. The Morgan fingerprint density at radius 1 is 1.00 bits per heavy atom. The molecule has 1 aliphatic rings. The molecule has 0 saturated carbocycles. The zero-order valence-electron chi connectivity index (χ0n) is 10.1. The molecule has 0 atom stereocenters. The molecule has 6 heteroatoms. The van der Waals surface area contributed by atoms with Gasteiger partial charge in [-0.3, -0.25) is 9.69 Å². The SMILES string of the molecule is O=C(CCl)N1c2cc(Cl)ccc2Oc2ccc(Cl)cc21. The number of fused-ring (bicyclic) bond motifs is 2. The lowest BCUT2D eigenvalue weighted by Crippen LogP contribution is -2.29. The van der Waals surface area contributed by atoms with Crippen LogP contribution in [0.5, 0.6) is 11.5 Å². The zero-order chi connectivity index (χ0) is 14.3. The molecule has 1 heterocycles. The summed E-state index contributed by atoms with van der Waals surface area (Å²) in [5.74, 6) is 0.658. The van der Waals surface area contributed by atoms with Crippen molar-refractivity contribution in [1.82, 2.24) is 0 Å². The van der Waals surface area contributed by atoms with E-state index in [0.717, 1.165) is 0 Å². The van der Waals surface area contributed by atoms with E-state index in [4.69, 9.17) is 39.5 Å². The quantitative estimate of drug-likeness (QED) is 0.689. The largest absolute Gasteiger partial charge is 0.453 e. The molecule has 0 radical (unpaired) electrons. The highest BCUT2D eigenvalue weighted by Crippen LogP contribution is 2.48. The topological polar surface area (TPSA) is 29.5 Å². The van der Waals surface area contributed by atoms with Gasteiger partial charge in [-0.05, 0) is 36.4 Å². The van der Waals surface area contributed by atoms with Gasteiger partial charge in [-0.25, -0.2) is 0 Å². The van der Waals surface area contributed by atoms with E-state index in [9.17, 15) is 4.79 Å². The van der Waals surface area contributed by atoms with Gasteiger partial charge in [0.2, 0.25) is 5.91 Å². The monoisotopic (exact) mass is 327 g/mol. The Labute approximate surface area is 130 Å². The second-order valence-corrected chi connectivity index (χ2v) is 5.33. The number of hydrogen-bond donors (Lipinski definition) is 0. The normalized spacial score (nSPS) is 12.4. The number of halogens is 3. The molecule has 20 heavy (non-hydrogen) atoms. The van der Waals surface area contributed by atoms with E-state index in [2.05, 4.69) is 0 Å². The Morgan fingerprint density at radius 2 is 1.50 bits per heavy atom. The Morgan fingerprint density at radius 3 is 1.95 bits per heavy atom. The number of ether oxygens (including phenoxy) is 1. The van der Waals surface area contributed by atoms with Crippen molar-refractivity contribution in [2.45, 2.75) is 0 Å². The van der Waals surface area contributed by atoms with Crippen molar-refractivity contribution < 1.29 is 9.53 Å². The van der Waals surface area contributed by atoms with Gasteiger partial charge in [-0.2, -0.15) is 0 Å². The molecule has 2 aromatic rings. The molecule has 0 fully saturated rings. The molecule has 102 valence electrons. The number of alkyl halides is 1. The molecule has 3 rings (SSSR count). The van der Waals surface area contributed by atoms with Crippen LogP contribution in [0.25, 0.3) is 0 Å². The average molecular weight is 329 g/mol. The fourth-order valence-corrected chi connectivity index (χ4v) is 2.53. The number of rotatable bonds is 1. The molecule has 0 spiro atoms. The third kappa shape index (κ3) is 2.22. The molecule has 0 N–H and O–H groups in total. The highest BCUT2D eigenvalue weighted by atomic mass is 35.5. The fourth-order valence-electron chi connectivity index (χ4n) is 2.08. The first kappa shape index (κ1) is 13.6. The summed E-state index contributed by atoms with van der Waals surface area (Å²) in [6.07, 6.45) is 0. The lowest BCUT2D eigenvalue weighted by atomic mass is 10.1. The van der Waals surface area contributed by atoms with E-state index in [0.29, 0.717) is 32.9 Å². The summed E-state index contributed by atoms with van der Waals surface area (Å²) >= 11 is 17.7. The zero-order valence-corrected chi connectivity index (χ0v) is 12.3. The van der Waals surface area contributed by atoms with E-state index in [1.165, 1.54) is 4.90 Å². The molecule has 0 aromatic heterocycles. The van der Waals surface area contributed by atoms with Gasteiger partial charge in [0, 0.05) is 10.0 Å². The lowest BCUT2D eigenvalue weighted by Gasteiger charge is -2.31. The Bertz CT molecular complexity index is 651. The van der Waals surface area contributed by atoms with Gasteiger partial charge in [-0.1, -0.05) is 23.2 Å². The first-order chi connectivity index (χ1) is 9.60. The van der Waals surface area contributed by atoms with E-state index < -0.39 is 0 Å². The van der Waals surface area contributed by atoms with Crippen LogP contribution in [0.4, 0.5) is 11.4 Å². The van der Waals surface area contributed by atoms with Crippen LogP contribution in [-0.4, -0.2) is 11.8 Å². The van der Waals surface area contributed by atoms with Crippen LogP contribution >= 0.6 is 34.8 Å². The maximum atomic E-state index is 12.2. The van der Waals surface area contributed by atoms with Crippen molar-refractivity contribution >= 4 is 52.1 Å². The number of benzene rings is 2. The molecule has 0 bridgehead atoms. The van der Waals surface area contributed by atoms with Gasteiger partial charge in [-0.15, -0.1) is 11.6 Å². The summed E-state index contributed by atoms with van der Waals surface area (Å²) in [6, 6.07) is 10.1. The second kappa shape index (κ2) is 5.17. The number of carbonyl (C=O) groups is 1. The van der Waals surface area contributed by atoms with Gasteiger partial charge in [0.1, 0.15) is 5.88 Å². The summed E-state index contributed by atoms with van der Waals surface area (Å²) in [5, 5.41) is 1.01. The van der Waals surface area contributed by atoms with Crippen molar-refractivity contribution in [3.8, 4) is 11.5 Å². The summed E-state index contributed by atoms with van der Waals surface area (Å²) in [5.41, 5.74) is 1.11. The van der Waals surface area contributed by atoms with Crippen LogP contribution < -0.4 is 9.64 Å². The lowest BCUT2D eigenvalue weighted by molar-refractivity contribution is -0.115. The van der Waals surface area contributed by atoms with Gasteiger partial charge in [0.25, 0.3) is 0 Å². The van der Waals surface area contributed by atoms with Crippen molar-refractivity contribution in [2.75, 3.05) is 10.8 Å². The number of carbonyl (C=O) groups excluding carboxylic acids is 1. The predicted octanol–water partition coefficient (Wildman–Crippen LogP) is 5.00. The van der Waals surface area contributed by atoms with Crippen LogP contribution in [0.15, 0.2) is 36.4 Å². The van der Waals surface area contributed by atoms with Crippen LogP contribution in [0.2, 0.25) is 10.0 Å². The molecule has 1 amide bonds. The van der Waals surface area contributed by atoms with Crippen LogP contribution in [0, 0.1) is 0 Å². The molecule has 0 aliphatic carbocycles. The smallest absolute Gasteiger partial charge is 0.246 e. The molecular weight excluding hydrogens is 321 g/mol. The van der Waals surface area contributed by atoms with Gasteiger partial charge in [0.05, 0.1) is 11.4 Å². The second-order valence-electron chi connectivity index (χ2n) is 4.19. The van der Waals surface area contributed by atoms with Crippen LogP contribution in [-0.2, 0) is 4.79 Å². The van der Waals surface area contributed by atoms with Gasteiger partial charge >= 0.3 is 0 Å². The van der Waals surface area contributed by atoms with Crippen LogP contribution in [0.1, 0.15) is 0 Å². The first-order valence-corrected chi connectivity index (χ1v) is 7.05. The molecule has 0 unspecified atom stereocenters. The highest BCUT2D eigenvalue weighted by molar-refractivity contribution is 6.33.